The highest BCUT2D eigenvalue weighted by atomic mass is 35.5. The Morgan fingerprint density at radius 2 is 1.40 bits per heavy atom. The van der Waals surface area contributed by atoms with Crippen LogP contribution in [0.4, 0.5) is 0 Å². The standard InChI is InChI=1S/C5H11NO2S.C4H7NO4.2ClH/c1-9-3-2-4(6)5(7)8;5-2(4(8)9)1-3(6)7;;/h4H,2-3,6H2,1H3,(H,7,8);2H,1,5H2,(H,6,7)(H,8,9);2*1H. The molecule has 0 saturated heterocycles. The predicted octanol–water partition coefficient (Wildman–Crippen LogP) is -0.132. The fraction of sp³-hybridized carbons (Fsp3) is 0.667. The summed E-state index contributed by atoms with van der Waals surface area (Å²) in [5.41, 5.74) is 10.0. The number of hydrogen-bond donors (Lipinski definition) is 5. The zero-order valence-corrected chi connectivity index (χ0v) is 13.2. The molecule has 0 spiro atoms. The van der Waals surface area contributed by atoms with Gasteiger partial charge in [-0.3, -0.25) is 14.4 Å². The van der Waals surface area contributed by atoms with Crippen LogP contribution in [0, 0.1) is 0 Å². The highest BCUT2D eigenvalue weighted by molar-refractivity contribution is 7.98. The Balaban J connectivity index is -0.000000116. The smallest absolute Gasteiger partial charge is 0.321 e. The summed E-state index contributed by atoms with van der Waals surface area (Å²) < 4.78 is 0. The summed E-state index contributed by atoms with van der Waals surface area (Å²) in [6.45, 7) is 0. The van der Waals surface area contributed by atoms with Gasteiger partial charge < -0.3 is 26.8 Å². The zero-order chi connectivity index (χ0) is 14.7. The minimum atomic E-state index is -1.29. The highest BCUT2D eigenvalue weighted by Crippen LogP contribution is 1.97. The maximum Gasteiger partial charge on any atom is 0.321 e. The molecular formula is C9H20Cl2N2O6S. The number of halogens is 2. The van der Waals surface area contributed by atoms with E-state index in [0.717, 1.165) is 5.75 Å². The van der Waals surface area contributed by atoms with Crippen molar-refractivity contribution >= 4 is 54.5 Å². The van der Waals surface area contributed by atoms with Crippen LogP contribution in [0.2, 0.25) is 0 Å². The zero-order valence-electron chi connectivity index (χ0n) is 10.7. The Hall–Kier alpha value is -0.740. The number of thioether (sulfide) groups is 1. The van der Waals surface area contributed by atoms with E-state index in [1.54, 1.807) is 11.8 Å². The lowest BCUT2D eigenvalue weighted by Gasteiger charge is -2.02. The Bertz CT molecular complexity index is 296. The van der Waals surface area contributed by atoms with Gasteiger partial charge in [0.25, 0.3) is 0 Å². The van der Waals surface area contributed by atoms with Crippen LogP contribution >= 0.6 is 36.6 Å². The number of hydrogen-bond acceptors (Lipinski definition) is 6. The Morgan fingerprint density at radius 3 is 1.60 bits per heavy atom. The minimum absolute atomic E-state index is 0. The number of carbonyl (C=O) groups is 3. The molecule has 0 aliphatic carbocycles. The molecule has 0 fully saturated rings. The van der Waals surface area contributed by atoms with Crippen molar-refractivity contribution in [3.8, 4) is 0 Å². The van der Waals surface area contributed by atoms with Gasteiger partial charge in [0.15, 0.2) is 0 Å². The molecule has 2 unspecified atom stereocenters. The number of rotatable bonds is 7. The maximum atomic E-state index is 10.1. The van der Waals surface area contributed by atoms with Gasteiger partial charge in [0, 0.05) is 0 Å². The molecule has 0 aromatic heterocycles. The Morgan fingerprint density at radius 1 is 1.00 bits per heavy atom. The molecule has 0 aromatic carbocycles. The third-order valence-corrected chi connectivity index (χ3v) is 2.31. The fourth-order valence-corrected chi connectivity index (χ4v) is 1.13. The number of nitrogens with two attached hydrogens (primary N) is 2. The van der Waals surface area contributed by atoms with Crippen molar-refractivity contribution in [2.24, 2.45) is 11.5 Å². The monoisotopic (exact) mass is 354 g/mol. The predicted molar refractivity (Wildman–Crippen MR) is 81.0 cm³/mol. The first-order chi connectivity index (χ1) is 8.22. The molecule has 2 atom stereocenters. The van der Waals surface area contributed by atoms with Crippen LogP contribution < -0.4 is 11.5 Å². The largest absolute Gasteiger partial charge is 0.481 e. The number of carboxylic acid groups (broad SMARTS) is 3. The molecule has 122 valence electrons. The van der Waals surface area contributed by atoms with E-state index in [0.29, 0.717) is 6.42 Å². The topological polar surface area (TPSA) is 164 Å². The van der Waals surface area contributed by atoms with Crippen LogP contribution in [0.5, 0.6) is 0 Å². The van der Waals surface area contributed by atoms with Gasteiger partial charge in [-0.25, -0.2) is 0 Å². The average Bonchev–Trinajstić information content (AvgIpc) is 2.25. The molecule has 0 aliphatic heterocycles. The Labute approximate surface area is 133 Å². The molecular weight excluding hydrogens is 335 g/mol. The molecule has 7 N–H and O–H groups in total. The molecule has 0 rings (SSSR count). The second-order valence-corrected chi connectivity index (χ2v) is 4.25. The SMILES string of the molecule is CSCCC(N)C(=O)O.Cl.Cl.NC(CC(=O)O)C(=O)O. The average molecular weight is 355 g/mol. The molecule has 8 nitrogen and oxygen atoms in total. The third kappa shape index (κ3) is 19.6. The molecule has 20 heavy (non-hydrogen) atoms. The van der Waals surface area contributed by atoms with E-state index in [4.69, 9.17) is 26.8 Å². The lowest BCUT2D eigenvalue weighted by molar-refractivity contribution is -0.144. The lowest BCUT2D eigenvalue weighted by atomic mass is 10.2. The summed E-state index contributed by atoms with van der Waals surface area (Å²) in [4.78, 5) is 29.7. The molecule has 0 amide bonds. The van der Waals surface area contributed by atoms with Crippen molar-refractivity contribution < 1.29 is 29.7 Å². The summed E-state index contributed by atoms with van der Waals surface area (Å²) in [5, 5.41) is 24.3. The van der Waals surface area contributed by atoms with Gasteiger partial charge in [-0.05, 0) is 18.4 Å². The van der Waals surface area contributed by atoms with Crippen LogP contribution in [-0.4, -0.2) is 57.3 Å². The van der Waals surface area contributed by atoms with Crippen molar-refractivity contribution in [2.45, 2.75) is 24.9 Å². The summed E-state index contributed by atoms with van der Waals surface area (Å²) in [6.07, 6.45) is 1.94. The molecule has 0 saturated carbocycles. The summed E-state index contributed by atoms with van der Waals surface area (Å²) in [7, 11) is 0. The molecule has 0 aliphatic rings. The molecule has 11 heteroatoms. The van der Waals surface area contributed by atoms with E-state index in [2.05, 4.69) is 0 Å². The third-order valence-electron chi connectivity index (χ3n) is 1.66. The molecule has 0 aromatic rings. The molecule has 0 bridgehead atoms. The van der Waals surface area contributed by atoms with Crippen molar-refractivity contribution in [3.63, 3.8) is 0 Å². The summed E-state index contributed by atoms with van der Waals surface area (Å²) >= 11 is 1.60. The van der Waals surface area contributed by atoms with E-state index in [9.17, 15) is 14.4 Å². The van der Waals surface area contributed by atoms with Gasteiger partial charge in [0.1, 0.15) is 12.1 Å². The Kier molecular flexibility index (Phi) is 22.5. The van der Waals surface area contributed by atoms with Crippen LogP contribution in [0.1, 0.15) is 12.8 Å². The van der Waals surface area contributed by atoms with Gasteiger partial charge in [0.2, 0.25) is 0 Å². The van der Waals surface area contributed by atoms with Crippen LogP contribution in [0.3, 0.4) is 0 Å². The maximum absolute atomic E-state index is 10.1. The van der Waals surface area contributed by atoms with Crippen LogP contribution in [-0.2, 0) is 14.4 Å². The van der Waals surface area contributed by atoms with E-state index in [-0.39, 0.29) is 24.8 Å². The van der Waals surface area contributed by atoms with E-state index < -0.39 is 36.4 Å². The van der Waals surface area contributed by atoms with Gasteiger partial charge in [-0.1, -0.05) is 0 Å². The highest BCUT2D eigenvalue weighted by Gasteiger charge is 2.14. The normalized spacial score (nSPS) is 11.6. The molecule has 0 radical (unpaired) electrons. The quantitative estimate of drug-likeness (QED) is 0.418. The van der Waals surface area contributed by atoms with Crippen LogP contribution in [0.15, 0.2) is 0 Å². The van der Waals surface area contributed by atoms with E-state index >= 15 is 0 Å². The summed E-state index contributed by atoms with van der Waals surface area (Å²) in [6, 6.07) is -1.97. The van der Waals surface area contributed by atoms with Crippen LogP contribution in [0.25, 0.3) is 0 Å². The van der Waals surface area contributed by atoms with Gasteiger partial charge in [-0.2, -0.15) is 11.8 Å². The van der Waals surface area contributed by atoms with Gasteiger partial charge in [-0.15, -0.1) is 24.8 Å². The second kappa shape index (κ2) is 16.3. The van der Waals surface area contributed by atoms with Crippen molar-refractivity contribution in [1.82, 2.24) is 0 Å². The first-order valence-corrected chi connectivity index (χ1v) is 6.29. The van der Waals surface area contributed by atoms with Gasteiger partial charge in [0.05, 0.1) is 6.42 Å². The first-order valence-electron chi connectivity index (χ1n) is 4.89. The number of carboxylic acids is 3. The minimum Gasteiger partial charge on any atom is -0.481 e. The first kappa shape index (κ1) is 27.6. The number of aliphatic carboxylic acids is 3. The lowest BCUT2D eigenvalue weighted by Crippen LogP contribution is -2.32. The van der Waals surface area contributed by atoms with Crippen molar-refractivity contribution in [2.75, 3.05) is 12.0 Å². The summed E-state index contributed by atoms with van der Waals surface area (Å²) in [5.74, 6) is -2.60. The van der Waals surface area contributed by atoms with Gasteiger partial charge >= 0.3 is 17.9 Å². The fourth-order valence-electron chi connectivity index (χ4n) is 0.644. The second-order valence-electron chi connectivity index (χ2n) is 3.27. The van der Waals surface area contributed by atoms with Crippen molar-refractivity contribution in [3.05, 3.63) is 0 Å². The van der Waals surface area contributed by atoms with E-state index in [1.807, 2.05) is 6.26 Å². The van der Waals surface area contributed by atoms with Crippen molar-refractivity contribution in [1.29, 1.82) is 0 Å². The molecule has 0 heterocycles. The van der Waals surface area contributed by atoms with E-state index in [1.165, 1.54) is 0 Å².